The summed E-state index contributed by atoms with van der Waals surface area (Å²) in [5.74, 6) is -0.546. The average Bonchev–Trinajstić information content (AvgIpc) is 2.89. The zero-order chi connectivity index (χ0) is 18.0. The average molecular weight is 380 g/mol. The largest absolute Gasteiger partial charge is 0.360 e. The molecule has 0 saturated carbocycles. The number of fused-ring (bicyclic) bond motifs is 1. The van der Waals surface area contributed by atoms with Crippen LogP contribution in [-0.2, 0) is 11.5 Å². The molecule has 0 spiro atoms. The van der Waals surface area contributed by atoms with Crippen molar-refractivity contribution in [2.24, 2.45) is 0 Å². The van der Waals surface area contributed by atoms with Gasteiger partial charge in [0.05, 0.1) is 6.20 Å². The summed E-state index contributed by atoms with van der Waals surface area (Å²) in [5, 5.41) is 4.67. The van der Waals surface area contributed by atoms with Crippen LogP contribution in [0, 0.1) is 5.95 Å². The van der Waals surface area contributed by atoms with Crippen LogP contribution in [0.1, 0.15) is 0 Å². The minimum Gasteiger partial charge on any atom is -0.360 e. The van der Waals surface area contributed by atoms with E-state index in [1.165, 1.54) is 12.3 Å². The normalized spacial score (nSPS) is 12.0. The summed E-state index contributed by atoms with van der Waals surface area (Å²) < 4.78 is 20.5. The zero-order valence-corrected chi connectivity index (χ0v) is 16.1. The van der Waals surface area contributed by atoms with Crippen LogP contribution in [0.3, 0.4) is 0 Å². The summed E-state index contributed by atoms with van der Waals surface area (Å²) in [6, 6.07) is 3.97. The maximum absolute atomic E-state index is 13.1. The van der Waals surface area contributed by atoms with Crippen molar-refractivity contribution in [1.29, 1.82) is 0 Å². The lowest BCUT2D eigenvalue weighted by molar-refractivity contribution is 0.0818. The summed E-state index contributed by atoms with van der Waals surface area (Å²) >= 11 is 5.93. The van der Waals surface area contributed by atoms with Crippen molar-refractivity contribution in [2.45, 2.75) is 32.4 Å². The number of pyridine rings is 1. The van der Waals surface area contributed by atoms with E-state index in [2.05, 4.69) is 39.7 Å². The zero-order valence-electron chi connectivity index (χ0n) is 14.3. The molecule has 0 aromatic carbocycles. The molecule has 25 heavy (non-hydrogen) atoms. The number of hydrogen-bond acceptors (Lipinski definition) is 5. The molecular formula is C16H19ClFN5OSi. The predicted molar refractivity (Wildman–Crippen MR) is 97.6 cm³/mol. The number of hydrogen-bond donors (Lipinski definition) is 0. The first-order valence-corrected chi connectivity index (χ1v) is 12.0. The van der Waals surface area contributed by atoms with Crippen LogP contribution in [0.4, 0.5) is 4.39 Å². The topological polar surface area (TPSA) is 65.7 Å². The molecule has 3 aromatic heterocycles. The van der Waals surface area contributed by atoms with Crippen molar-refractivity contribution >= 4 is 30.7 Å². The third-order valence-corrected chi connectivity index (χ3v) is 5.56. The highest BCUT2D eigenvalue weighted by atomic mass is 35.5. The Bertz CT molecular complexity index is 879. The van der Waals surface area contributed by atoms with Gasteiger partial charge in [-0.2, -0.15) is 9.49 Å². The molecule has 0 aliphatic carbocycles. The Kier molecular flexibility index (Phi) is 5.12. The van der Waals surface area contributed by atoms with Gasteiger partial charge in [-0.3, -0.25) is 0 Å². The predicted octanol–water partition coefficient (Wildman–Crippen LogP) is 3.99. The Balaban J connectivity index is 1.90. The van der Waals surface area contributed by atoms with E-state index in [1.54, 1.807) is 16.9 Å². The van der Waals surface area contributed by atoms with Crippen LogP contribution in [0.15, 0.2) is 24.5 Å². The van der Waals surface area contributed by atoms with E-state index in [-0.39, 0.29) is 5.28 Å². The quantitative estimate of drug-likeness (QED) is 0.280. The van der Waals surface area contributed by atoms with Crippen LogP contribution in [0.5, 0.6) is 0 Å². The lowest BCUT2D eigenvalue weighted by atomic mass is 10.2. The van der Waals surface area contributed by atoms with Crippen molar-refractivity contribution in [3.8, 4) is 11.3 Å². The first kappa shape index (κ1) is 17.9. The number of ether oxygens (including phenoxy) is 1. The minimum absolute atomic E-state index is 0.128. The van der Waals surface area contributed by atoms with Gasteiger partial charge >= 0.3 is 0 Å². The van der Waals surface area contributed by atoms with E-state index in [4.69, 9.17) is 16.3 Å². The van der Waals surface area contributed by atoms with Gasteiger partial charge in [-0.25, -0.2) is 19.6 Å². The van der Waals surface area contributed by atoms with Gasteiger partial charge < -0.3 is 4.74 Å². The molecular weight excluding hydrogens is 361 g/mol. The molecule has 0 bridgehead atoms. The van der Waals surface area contributed by atoms with Crippen molar-refractivity contribution in [3.05, 3.63) is 35.8 Å². The Labute approximate surface area is 151 Å². The van der Waals surface area contributed by atoms with Crippen LogP contribution in [0.2, 0.25) is 31.0 Å². The molecule has 132 valence electrons. The fraction of sp³-hybridized carbons (Fsp3) is 0.375. The van der Waals surface area contributed by atoms with Crippen molar-refractivity contribution in [2.75, 3.05) is 6.61 Å². The second-order valence-corrected chi connectivity index (χ2v) is 12.9. The molecule has 0 atom stereocenters. The summed E-state index contributed by atoms with van der Waals surface area (Å²) in [4.78, 5) is 12.0. The second kappa shape index (κ2) is 7.15. The van der Waals surface area contributed by atoms with E-state index < -0.39 is 14.0 Å². The fourth-order valence-electron chi connectivity index (χ4n) is 2.28. The van der Waals surface area contributed by atoms with Crippen LogP contribution < -0.4 is 0 Å². The highest BCUT2D eigenvalue weighted by Crippen LogP contribution is 2.26. The van der Waals surface area contributed by atoms with Gasteiger partial charge in [0.1, 0.15) is 23.5 Å². The number of rotatable bonds is 6. The van der Waals surface area contributed by atoms with Gasteiger partial charge in [0.15, 0.2) is 0 Å². The van der Waals surface area contributed by atoms with E-state index >= 15 is 0 Å². The smallest absolute Gasteiger partial charge is 0.223 e. The van der Waals surface area contributed by atoms with Crippen molar-refractivity contribution in [1.82, 2.24) is 24.7 Å². The third kappa shape index (κ3) is 4.39. The molecule has 0 amide bonds. The summed E-state index contributed by atoms with van der Waals surface area (Å²) in [6.07, 6.45) is 3.03. The number of aromatic nitrogens is 5. The first-order valence-electron chi connectivity index (χ1n) is 7.92. The number of halogens is 2. The molecule has 0 saturated heterocycles. The first-order chi connectivity index (χ1) is 11.8. The lowest BCUT2D eigenvalue weighted by Gasteiger charge is -2.15. The van der Waals surface area contributed by atoms with Crippen molar-refractivity contribution < 1.29 is 9.13 Å². The molecule has 9 heteroatoms. The Morgan fingerprint density at radius 1 is 1.20 bits per heavy atom. The molecule has 3 aromatic rings. The molecule has 0 unspecified atom stereocenters. The van der Waals surface area contributed by atoms with Crippen LogP contribution >= 0.6 is 11.6 Å². The second-order valence-electron chi connectivity index (χ2n) is 6.94. The summed E-state index contributed by atoms with van der Waals surface area (Å²) in [6.45, 7) is 7.87. The van der Waals surface area contributed by atoms with E-state index in [0.717, 1.165) is 6.04 Å². The summed E-state index contributed by atoms with van der Waals surface area (Å²) in [7, 11) is -1.15. The molecule has 3 heterocycles. The highest BCUT2D eigenvalue weighted by Gasteiger charge is 2.16. The van der Waals surface area contributed by atoms with Crippen LogP contribution in [-0.4, -0.2) is 39.4 Å². The Hall–Kier alpha value is -1.90. The SMILES string of the molecule is C[Si](C)(C)CCOCn1nc(-c2ccc(F)nc2)c2nc(Cl)ncc21. The van der Waals surface area contributed by atoms with E-state index in [1.807, 2.05) is 0 Å². The monoisotopic (exact) mass is 379 g/mol. The molecule has 0 aliphatic heterocycles. The van der Waals surface area contributed by atoms with Crippen molar-refractivity contribution in [3.63, 3.8) is 0 Å². The molecule has 6 nitrogen and oxygen atoms in total. The number of nitrogens with zero attached hydrogens (tertiary/aromatic N) is 5. The van der Waals surface area contributed by atoms with Gasteiger partial charge in [-0.05, 0) is 29.8 Å². The molecule has 3 rings (SSSR count). The minimum atomic E-state index is -1.15. The van der Waals surface area contributed by atoms with Crippen LogP contribution in [0.25, 0.3) is 22.3 Å². The van der Waals surface area contributed by atoms with Gasteiger partial charge in [-0.15, -0.1) is 0 Å². The molecule has 0 radical (unpaired) electrons. The van der Waals surface area contributed by atoms with Gasteiger partial charge in [0.2, 0.25) is 11.2 Å². The standard InChI is InChI=1S/C16H19ClFN5OSi/c1-25(2,3)7-6-24-10-23-12-9-20-16(17)21-15(12)14(22-23)11-4-5-13(18)19-8-11/h4-5,8-9H,6-7,10H2,1-3H3. The van der Waals surface area contributed by atoms with E-state index in [9.17, 15) is 4.39 Å². The highest BCUT2D eigenvalue weighted by molar-refractivity contribution is 6.76. The van der Waals surface area contributed by atoms with Gasteiger partial charge in [0, 0.05) is 26.4 Å². The Morgan fingerprint density at radius 2 is 2.00 bits per heavy atom. The molecule has 0 N–H and O–H groups in total. The summed E-state index contributed by atoms with van der Waals surface area (Å²) in [5.41, 5.74) is 2.52. The Morgan fingerprint density at radius 3 is 2.68 bits per heavy atom. The maximum Gasteiger partial charge on any atom is 0.223 e. The van der Waals surface area contributed by atoms with Gasteiger partial charge in [-0.1, -0.05) is 19.6 Å². The van der Waals surface area contributed by atoms with E-state index in [0.29, 0.717) is 35.6 Å². The maximum atomic E-state index is 13.1. The third-order valence-electron chi connectivity index (χ3n) is 3.67. The lowest BCUT2D eigenvalue weighted by Crippen LogP contribution is -2.22. The fourth-order valence-corrected chi connectivity index (χ4v) is 3.17. The molecule has 0 fully saturated rings. The van der Waals surface area contributed by atoms with Gasteiger partial charge in [0.25, 0.3) is 0 Å². The molecule has 0 aliphatic rings.